The molecule has 2 rings (SSSR count). The highest BCUT2D eigenvalue weighted by atomic mass is 32.1. The average molecular weight is 207 g/mol. The molecule has 1 heterocycles. The zero-order valence-electron chi connectivity index (χ0n) is 8.03. The topological polar surface area (TPSA) is 32.3 Å². The maximum Gasteiger partial charge on any atom is 0.0914 e. The van der Waals surface area contributed by atoms with Crippen molar-refractivity contribution in [3.05, 3.63) is 35.2 Å². The molecule has 0 fully saturated rings. The summed E-state index contributed by atoms with van der Waals surface area (Å²) < 4.78 is 1.27. The Balaban J connectivity index is 2.33. The van der Waals surface area contributed by atoms with Crippen LogP contribution in [0.3, 0.4) is 0 Å². The highest BCUT2D eigenvalue weighted by Gasteiger charge is 2.06. The molecule has 0 bridgehead atoms. The minimum atomic E-state index is -0.413. The first kappa shape index (κ1) is 9.65. The Bertz CT molecular complexity index is 424. The number of benzene rings is 1. The summed E-state index contributed by atoms with van der Waals surface area (Å²) in [6.07, 6.45) is -0.413. The Labute approximate surface area is 87.2 Å². The molecule has 14 heavy (non-hydrogen) atoms. The van der Waals surface area contributed by atoms with E-state index in [2.05, 4.69) is 22.8 Å². The van der Waals surface area contributed by atoms with Crippen LogP contribution in [0.1, 0.15) is 11.7 Å². The number of likely N-dealkylation sites (N-methyl/N-ethyl adjacent to an activating group) is 1. The van der Waals surface area contributed by atoms with E-state index in [9.17, 15) is 5.11 Å². The third-order valence-electron chi connectivity index (χ3n) is 2.26. The standard InChI is InChI=1S/C11H13NOS/c1-12-7-10(13)8-2-3-11-9(6-8)4-5-14-11/h2-6,10,12-13H,7H2,1H3. The Hall–Kier alpha value is -0.900. The van der Waals surface area contributed by atoms with E-state index < -0.39 is 6.10 Å². The van der Waals surface area contributed by atoms with Crippen LogP contribution in [0.15, 0.2) is 29.6 Å². The molecule has 0 spiro atoms. The second-order valence-corrected chi connectivity index (χ2v) is 4.24. The maximum absolute atomic E-state index is 9.76. The number of hydrogen-bond donors (Lipinski definition) is 2. The van der Waals surface area contributed by atoms with Crippen molar-refractivity contribution in [1.82, 2.24) is 5.32 Å². The molecule has 1 unspecified atom stereocenters. The highest BCUT2D eigenvalue weighted by Crippen LogP contribution is 2.24. The Morgan fingerprint density at radius 3 is 3.07 bits per heavy atom. The Morgan fingerprint density at radius 1 is 1.43 bits per heavy atom. The smallest absolute Gasteiger partial charge is 0.0914 e. The quantitative estimate of drug-likeness (QED) is 0.808. The molecule has 0 aliphatic heterocycles. The van der Waals surface area contributed by atoms with E-state index in [0.29, 0.717) is 6.54 Å². The summed E-state index contributed by atoms with van der Waals surface area (Å²) >= 11 is 1.72. The number of rotatable bonds is 3. The van der Waals surface area contributed by atoms with Gasteiger partial charge < -0.3 is 10.4 Å². The normalized spacial score (nSPS) is 13.3. The fraction of sp³-hybridized carbons (Fsp3) is 0.273. The zero-order valence-corrected chi connectivity index (χ0v) is 8.84. The van der Waals surface area contributed by atoms with E-state index >= 15 is 0 Å². The summed E-state index contributed by atoms with van der Waals surface area (Å²) in [5, 5.41) is 16.0. The maximum atomic E-state index is 9.76. The summed E-state index contributed by atoms with van der Waals surface area (Å²) in [6.45, 7) is 0.593. The van der Waals surface area contributed by atoms with Gasteiger partial charge in [0, 0.05) is 11.2 Å². The fourth-order valence-electron chi connectivity index (χ4n) is 1.50. The van der Waals surface area contributed by atoms with Crippen molar-refractivity contribution in [2.24, 2.45) is 0 Å². The molecule has 0 radical (unpaired) electrons. The first-order valence-electron chi connectivity index (χ1n) is 4.61. The van der Waals surface area contributed by atoms with Crippen molar-refractivity contribution in [2.75, 3.05) is 13.6 Å². The van der Waals surface area contributed by atoms with Crippen LogP contribution in [0.25, 0.3) is 10.1 Å². The average Bonchev–Trinajstić information content (AvgIpc) is 2.64. The van der Waals surface area contributed by atoms with Crippen molar-refractivity contribution >= 4 is 21.4 Å². The first-order chi connectivity index (χ1) is 6.81. The summed E-state index contributed by atoms with van der Waals surface area (Å²) in [5.41, 5.74) is 0.977. The van der Waals surface area contributed by atoms with Gasteiger partial charge in [0.15, 0.2) is 0 Å². The van der Waals surface area contributed by atoms with Crippen LogP contribution < -0.4 is 5.32 Å². The number of hydrogen-bond acceptors (Lipinski definition) is 3. The van der Waals surface area contributed by atoms with Crippen molar-refractivity contribution in [3.63, 3.8) is 0 Å². The number of fused-ring (bicyclic) bond motifs is 1. The molecule has 1 aromatic carbocycles. The Kier molecular flexibility index (Phi) is 2.82. The van der Waals surface area contributed by atoms with Gasteiger partial charge in [-0.05, 0) is 41.6 Å². The predicted octanol–water partition coefficient (Wildman–Crippen LogP) is 2.15. The summed E-state index contributed by atoms with van der Waals surface area (Å²) in [5.74, 6) is 0. The van der Waals surface area contributed by atoms with Crippen molar-refractivity contribution in [1.29, 1.82) is 0 Å². The molecule has 3 heteroatoms. The molecule has 1 aromatic heterocycles. The van der Waals surface area contributed by atoms with Crippen molar-refractivity contribution in [3.8, 4) is 0 Å². The van der Waals surface area contributed by atoms with E-state index in [0.717, 1.165) is 5.56 Å². The molecule has 1 atom stereocenters. The molecule has 0 aliphatic rings. The van der Waals surface area contributed by atoms with Crippen LogP contribution in [-0.4, -0.2) is 18.7 Å². The predicted molar refractivity (Wildman–Crippen MR) is 60.7 cm³/mol. The third kappa shape index (κ3) is 1.80. The van der Waals surface area contributed by atoms with Gasteiger partial charge in [0.25, 0.3) is 0 Å². The molecular formula is C11H13NOS. The molecule has 0 saturated carbocycles. The van der Waals surface area contributed by atoms with E-state index in [4.69, 9.17) is 0 Å². The highest BCUT2D eigenvalue weighted by molar-refractivity contribution is 7.17. The second-order valence-electron chi connectivity index (χ2n) is 3.29. The Morgan fingerprint density at radius 2 is 2.29 bits per heavy atom. The SMILES string of the molecule is CNCC(O)c1ccc2sccc2c1. The minimum absolute atomic E-state index is 0.413. The van der Waals surface area contributed by atoms with Gasteiger partial charge in [-0.15, -0.1) is 11.3 Å². The second kappa shape index (κ2) is 4.09. The number of thiophene rings is 1. The summed E-state index contributed by atoms with van der Waals surface area (Å²) in [7, 11) is 1.84. The summed E-state index contributed by atoms with van der Waals surface area (Å²) in [6, 6.07) is 8.18. The van der Waals surface area contributed by atoms with Crippen LogP contribution in [-0.2, 0) is 0 Å². The molecular weight excluding hydrogens is 194 g/mol. The molecule has 0 saturated heterocycles. The van der Waals surface area contributed by atoms with Gasteiger partial charge in [-0.1, -0.05) is 6.07 Å². The van der Waals surface area contributed by atoms with E-state index in [1.165, 1.54) is 10.1 Å². The lowest BCUT2D eigenvalue weighted by Crippen LogP contribution is -2.16. The van der Waals surface area contributed by atoms with Crippen LogP contribution in [0.5, 0.6) is 0 Å². The van der Waals surface area contributed by atoms with Crippen molar-refractivity contribution < 1.29 is 5.11 Å². The van der Waals surface area contributed by atoms with Gasteiger partial charge in [0.2, 0.25) is 0 Å². The minimum Gasteiger partial charge on any atom is -0.387 e. The molecule has 2 aromatic rings. The van der Waals surface area contributed by atoms with Gasteiger partial charge in [0.1, 0.15) is 0 Å². The van der Waals surface area contributed by atoms with Gasteiger partial charge in [-0.3, -0.25) is 0 Å². The molecule has 74 valence electrons. The first-order valence-corrected chi connectivity index (χ1v) is 5.49. The lowest BCUT2D eigenvalue weighted by molar-refractivity contribution is 0.178. The third-order valence-corrected chi connectivity index (χ3v) is 3.16. The van der Waals surface area contributed by atoms with Crippen LogP contribution >= 0.6 is 11.3 Å². The molecule has 2 nitrogen and oxygen atoms in total. The largest absolute Gasteiger partial charge is 0.387 e. The van der Waals surface area contributed by atoms with E-state index in [-0.39, 0.29) is 0 Å². The lowest BCUT2D eigenvalue weighted by Gasteiger charge is -2.09. The van der Waals surface area contributed by atoms with Crippen LogP contribution in [0, 0.1) is 0 Å². The van der Waals surface area contributed by atoms with Gasteiger partial charge in [-0.25, -0.2) is 0 Å². The fourth-order valence-corrected chi connectivity index (χ4v) is 2.27. The summed E-state index contributed by atoms with van der Waals surface area (Å²) in [4.78, 5) is 0. The van der Waals surface area contributed by atoms with Gasteiger partial charge in [-0.2, -0.15) is 0 Å². The monoisotopic (exact) mass is 207 g/mol. The number of aliphatic hydroxyl groups excluding tert-OH is 1. The van der Waals surface area contributed by atoms with Crippen LogP contribution in [0.4, 0.5) is 0 Å². The van der Waals surface area contributed by atoms with E-state index in [1.807, 2.05) is 19.2 Å². The molecule has 2 N–H and O–H groups in total. The van der Waals surface area contributed by atoms with Gasteiger partial charge in [0.05, 0.1) is 6.10 Å². The van der Waals surface area contributed by atoms with Crippen molar-refractivity contribution in [2.45, 2.75) is 6.10 Å². The molecule has 0 amide bonds. The number of nitrogens with one attached hydrogen (secondary N) is 1. The van der Waals surface area contributed by atoms with Crippen LogP contribution in [0.2, 0.25) is 0 Å². The molecule has 0 aliphatic carbocycles. The number of aliphatic hydroxyl groups is 1. The van der Waals surface area contributed by atoms with E-state index in [1.54, 1.807) is 11.3 Å². The van der Waals surface area contributed by atoms with Gasteiger partial charge >= 0.3 is 0 Å². The zero-order chi connectivity index (χ0) is 9.97. The lowest BCUT2D eigenvalue weighted by atomic mass is 10.1.